The highest BCUT2D eigenvalue weighted by atomic mass is 16.3. The van der Waals surface area contributed by atoms with Crippen molar-refractivity contribution in [3.63, 3.8) is 0 Å². The van der Waals surface area contributed by atoms with Crippen molar-refractivity contribution in [3.8, 4) is 51.0 Å². The van der Waals surface area contributed by atoms with Crippen molar-refractivity contribution < 1.29 is 14.0 Å². The predicted octanol–water partition coefficient (Wildman–Crippen LogP) is 11.5. The number of hydrogen-bond acceptors (Lipinski definition) is 4. The van der Waals surface area contributed by atoms with Crippen LogP contribution in [0.4, 0.5) is 0 Å². The first kappa shape index (κ1) is 21.9. The van der Waals surface area contributed by atoms with E-state index in [9.17, 15) is 4.11 Å². The topological polar surface area (TPSA) is 56.7 Å². The number of nitrogens with zero attached hydrogens (tertiary/aromatic N) is 4. The number of para-hydroxylation sites is 1. The standard InChI is InChI=1S/C45H28N4O/c1-4-12-29(13-5-1)32-20-23-36-37-24-22-34(28-42(37)50-41(36)27-32)49-39-19-11-10-18-35(39)38-26-33(21-25-40(38)49)45-47-43(30-14-6-2-7-15-30)46-44(48-45)31-16-8-3-9-17-31/h1-28H/i10D,11D,18D,19D,21D,25D,26D. The number of furan rings is 1. The molecule has 0 aliphatic heterocycles. The predicted molar refractivity (Wildman–Crippen MR) is 203 cm³/mol. The molecule has 0 N–H and O–H groups in total. The third kappa shape index (κ3) is 4.67. The SMILES string of the molecule is [2H]c1c([2H])c([2H])c2c(c1[2H])c1c([2H])c(-c3nc(-c4ccccc4)nc(-c4ccccc4)n3)c([2H])c([2H])c1n2-c1ccc2c(c1)oc1cc(-c3ccccc3)ccc12. The lowest BCUT2D eigenvalue weighted by Crippen LogP contribution is -2.00. The summed E-state index contributed by atoms with van der Waals surface area (Å²) in [7, 11) is 0. The first-order valence-electron chi connectivity index (χ1n) is 19.6. The minimum absolute atomic E-state index is 0.00610. The second kappa shape index (κ2) is 11.4. The van der Waals surface area contributed by atoms with Crippen LogP contribution in [-0.4, -0.2) is 19.5 Å². The van der Waals surface area contributed by atoms with Gasteiger partial charge in [0.2, 0.25) is 0 Å². The highest BCUT2D eigenvalue weighted by Gasteiger charge is 2.18. The van der Waals surface area contributed by atoms with E-state index in [1.54, 1.807) is 16.7 Å². The number of rotatable bonds is 5. The Kier molecular flexibility index (Phi) is 4.99. The van der Waals surface area contributed by atoms with E-state index in [1.165, 1.54) is 0 Å². The van der Waals surface area contributed by atoms with Crippen LogP contribution in [-0.2, 0) is 0 Å². The zero-order chi connectivity index (χ0) is 39.1. The van der Waals surface area contributed by atoms with Gasteiger partial charge in [-0.2, -0.15) is 0 Å². The van der Waals surface area contributed by atoms with Crippen molar-refractivity contribution in [1.82, 2.24) is 19.5 Å². The Morgan fingerprint density at radius 2 is 1.00 bits per heavy atom. The van der Waals surface area contributed by atoms with Gasteiger partial charge in [0.25, 0.3) is 0 Å². The van der Waals surface area contributed by atoms with E-state index in [2.05, 4.69) is 0 Å². The Bertz CT molecular complexity index is 3200. The van der Waals surface area contributed by atoms with Crippen molar-refractivity contribution in [3.05, 3.63) is 170 Å². The molecule has 0 unspecified atom stereocenters. The Balaban J connectivity index is 1.26. The fourth-order valence-corrected chi connectivity index (χ4v) is 6.52. The van der Waals surface area contributed by atoms with Crippen LogP contribution in [0.15, 0.2) is 174 Å². The van der Waals surface area contributed by atoms with Gasteiger partial charge in [-0.05, 0) is 59.6 Å². The Labute approximate surface area is 297 Å². The van der Waals surface area contributed by atoms with E-state index in [0.29, 0.717) is 39.6 Å². The normalized spacial score (nSPS) is 13.6. The summed E-state index contributed by atoms with van der Waals surface area (Å²) in [6.07, 6.45) is 0. The molecular formula is C45H28N4O. The molecule has 0 aliphatic rings. The van der Waals surface area contributed by atoms with Crippen molar-refractivity contribution >= 4 is 43.7 Å². The van der Waals surface area contributed by atoms with Crippen LogP contribution in [0, 0.1) is 0 Å². The van der Waals surface area contributed by atoms with Gasteiger partial charge in [-0.3, -0.25) is 0 Å². The summed E-state index contributed by atoms with van der Waals surface area (Å²) in [5.74, 6) is 0.613. The first-order chi connectivity index (χ1) is 27.7. The minimum Gasteiger partial charge on any atom is -0.456 e. The maximum absolute atomic E-state index is 9.72. The molecule has 10 rings (SSSR count). The van der Waals surface area contributed by atoms with Crippen LogP contribution in [0.2, 0.25) is 0 Å². The average Bonchev–Trinajstić information content (AvgIpc) is 3.81. The summed E-state index contributed by atoms with van der Waals surface area (Å²) < 4.78 is 72.2. The van der Waals surface area contributed by atoms with Gasteiger partial charge in [0.1, 0.15) is 11.2 Å². The lowest BCUT2D eigenvalue weighted by Gasteiger charge is -2.10. The van der Waals surface area contributed by atoms with Crippen molar-refractivity contribution in [2.45, 2.75) is 0 Å². The molecule has 5 nitrogen and oxygen atoms in total. The molecule has 0 bridgehead atoms. The fraction of sp³-hybridized carbons (Fsp3) is 0. The van der Waals surface area contributed by atoms with Crippen molar-refractivity contribution in [1.29, 1.82) is 0 Å². The van der Waals surface area contributed by atoms with Crippen LogP contribution in [0.1, 0.15) is 9.60 Å². The zero-order valence-corrected chi connectivity index (χ0v) is 26.3. The maximum Gasteiger partial charge on any atom is 0.164 e. The fourth-order valence-electron chi connectivity index (χ4n) is 6.52. The second-order valence-electron chi connectivity index (χ2n) is 11.9. The van der Waals surface area contributed by atoms with E-state index >= 15 is 0 Å². The summed E-state index contributed by atoms with van der Waals surface area (Å²) in [4.78, 5) is 14.2. The van der Waals surface area contributed by atoms with Gasteiger partial charge in [-0.25, -0.2) is 15.0 Å². The number of hydrogen-bond donors (Lipinski definition) is 0. The molecule has 0 saturated carbocycles. The molecule has 0 radical (unpaired) electrons. The third-order valence-corrected chi connectivity index (χ3v) is 8.90. The van der Waals surface area contributed by atoms with Gasteiger partial charge in [-0.1, -0.05) is 115 Å². The van der Waals surface area contributed by atoms with Gasteiger partial charge < -0.3 is 8.98 Å². The van der Waals surface area contributed by atoms with Gasteiger partial charge in [0.05, 0.1) is 20.6 Å². The molecule has 10 aromatic rings. The summed E-state index contributed by atoms with van der Waals surface area (Å²) in [6, 6.07) is 37.5. The molecule has 50 heavy (non-hydrogen) atoms. The molecule has 3 aromatic heterocycles. The summed E-state index contributed by atoms with van der Waals surface area (Å²) >= 11 is 0. The third-order valence-electron chi connectivity index (χ3n) is 8.90. The number of benzene rings is 7. The Morgan fingerprint density at radius 1 is 0.440 bits per heavy atom. The molecule has 0 saturated heterocycles. The summed E-state index contributed by atoms with van der Waals surface area (Å²) in [5.41, 5.74) is 5.14. The number of aromatic nitrogens is 4. The van der Waals surface area contributed by atoms with Gasteiger partial charge in [0, 0.05) is 50.0 Å². The Morgan fingerprint density at radius 3 is 1.68 bits per heavy atom. The van der Waals surface area contributed by atoms with Crippen LogP contribution in [0.3, 0.4) is 0 Å². The van der Waals surface area contributed by atoms with E-state index in [1.807, 2.05) is 115 Å². The van der Waals surface area contributed by atoms with Crippen molar-refractivity contribution in [2.75, 3.05) is 0 Å². The molecule has 0 spiro atoms. The van der Waals surface area contributed by atoms with Crippen LogP contribution in [0.25, 0.3) is 94.7 Å². The van der Waals surface area contributed by atoms with E-state index in [4.69, 9.17) is 24.9 Å². The van der Waals surface area contributed by atoms with E-state index in [-0.39, 0.29) is 63.4 Å². The number of fused-ring (bicyclic) bond motifs is 6. The van der Waals surface area contributed by atoms with Crippen LogP contribution >= 0.6 is 0 Å². The highest BCUT2D eigenvalue weighted by Crippen LogP contribution is 2.38. The maximum atomic E-state index is 9.72. The van der Waals surface area contributed by atoms with Crippen LogP contribution in [0.5, 0.6) is 0 Å². The van der Waals surface area contributed by atoms with E-state index < -0.39 is 12.1 Å². The minimum atomic E-state index is -0.478. The molecule has 3 heterocycles. The molecule has 7 aromatic carbocycles. The second-order valence-corrected chi connectivity index (χ2v) is 11.9. The molecule has 0 atom stereocenters. The summed E-state index contributed by atoms with van der Waals surface area (Å²) in [6.45, 7) is 0. The quantitative estimate of drug-likeness (QED) is 0.186. The molecular weight excluding hydrogens is 613 g/mol. The highest BCUT2D eigenvalue weighted by molar-refractivity contribution is 6.11. The smallest absolute Gasteiger partial charge is 0.164 e. The molecule has 0 fully saturated rings. The average molecular weight is 648 g/mol. The van der Waals surface area contributed by atoms with Crippen LogP contribution < -0.4 is 0 Å². The van der Waals surface area contributed by atoms with E-state index in [0.717, 1.165) is 21.9 Å². The Hall–Kier alpha value is -6.85. The lowest BCUT2D eigenvalue weighted by molar-refractivity contribution is 0.669. The molecule has 0 aliphatic carbocycles. The van der Waals surface area contributed by atoms with Gasteiger partial charge >= 0.3 is 0 Å². The first-order valence-corrected chi connectivity index (χ1v) is 16.1. The molecule has 5 heteroatoms. The zero-order valence-electron chi connectivity index (χ0n) is 33.3. The lowest BCUT2D eigenvalue weighted by atomic mass is 10.0. The van der Waals surface area contributed by atoms with Crippen molar-refractivity contribution in [2.24, 2.45) is 0 Å². The van der Waals surface area contributed by atoms with Gasteiger partial charge in [-0.15, -0.1) is 0 Å². The summed E-state index contributed by atoms with van der Waals surface area (Å²) in [5, 5.41) is 1.86. The molecule has 234 valence electrons. The largest absolute Gasteiger partial charge is 0.456 e. The monoisotopic (exact) mass is 647 g/mol. The molecule has 0 amide bonds. The van der Waals surface area contributed by atoms with Gasteiger partial charge in [0.15, 0.2) is 17.5 Å².